The molecule has 0 spiro atoms. The van der Waals surface area contributed by atoms with Gasteiger partial charge in [-0.25, -0.2) is 0 Å². The molecule has 0 saturated carbocycles. The van der Waals surface area contributed by atoms with Gasteiger partial charge in [-0.1, -0.05) is 6.07 Å². The minimum Gasteiger partial charge on any atom is -0.493 e. The number of amides is 1. The summed E-state index contributed by atoms with van der Waals surface area (Å²) in [6.45, 7) is 1.70. The molecule has 1 N–H and O–H groups in total. The lowest BCUT2D eigenvalue weighted by Gasteiger charge is -2.16. The zero-order chi connectivity index (χ0) is 16.8. The molecule has 1 atom stereocenters. The third kappa shape index (κ3) is 4.75. The summed E-state index contributed by atoms with van der Waals surface area (Å²) in [7, 11) is 3.11. The van der Waals surface area contributed by atoms with Crippen molar-refractivity contribution in [1.82, 2.24) is 0 Å². The highest BCUT2D eigenvalue weighted by Gasteiger charge is 2.16. The van der Waals surface area contributed by atoms with Crippen molar-refractivity contribution in [3.8, 4) is 17.2 Å². The van der Waals surface area contributed by atoms with Crippen molar-refractivity contribution in [2.24, 2.45) is 0 Å². The zero-order valence-electron chi connectivity index (χ0n) is 13.1. The molecule has 0 bridgehead atoms. The minimum absolute atomic E-state index is 0.240. The molecule has 6 heteroatoms. The number of ether oxygens (including phenoxy) is 3. The number of methoxy groups -OCH3 is 2. The monoisotopic (exact) mass is 427 g/mol. The van der Waals surface area contributed by atoms with E-state index in [1.807, 2.05) is 24.3 Å². The smallest absolute Gasteiger partial charge is 0.265 e. The Kier molecular flexibility index (Phi) is 6.09. The lowest BCUT2D eigenvalue weighted by atomic mass is 10.2. The summed E-state index contributed by atoms with van der Waals surface area (Å²) in [6.07, 6.45) is -0.624. The Morgan fingerprint density at radius 2 is 1.83 bits per heavy atom. The number of carbonyl (C=O) groups excluding carboxylic acids is 1. The van der Waals surface area contributed by atoms with E-state index in [-0.39, 0.29) is 5.91 Å². The number of halogens is 1. The van der Waals surface area contributed by atoms with Gasteiger partial charge >= 0.3 is 0 Å². The summed E-state index contributed by atoms with van der Waals surface area (Å²) in [6, 6.07) is 12.7. The third-order valence-electron chi connectivity index (χ3n) is 3.13. The van der Waals surface area contributed by atoms with Gasteiger partial charge in [0.1, 0.15) is 5.75 Å². The standard InChI is InChI=1S/C17H18INO4/c1-11(23-14-6-4-5-12(18)9-14)17(20)19-13-7-8-15(21-2)16(10-13)22-3/h4-11H,1-3H3,(H,19,20). The zero-order valence-corrected chi connectivity index (χ0v) is 15.3. The van der Waals surface area contributed by atoms with Crippen LogP contribution >= 0.6 is 22.6 Å². The second-order valence-corrected chi connectivity index (χ2v) is 6.02. The first-order valence-corrected chi connectivity index (χ1v) is 8.06. The van der Waals surface area contributed by atoms with Crippen molar-refractivity contribution in [2.45, 2.75) is 13.0 Å². The molecule has 2 aromatic carbocycles. The second-order valence-electron chi connectivity index (χ2n) is 4.78. The van der Waals surface area contributed by atoms with E-state index in [4.69, 9.17) is 14.2 Å². The average Bonchev–Trinajstić information content (AvgIpc) is 2.54. The Morgan fingerprint density at radius 1 is 1.09 bits per heavy atom. The molecule has 0 heterocycles. The van der Waals surface area contributed by atoms with Crippen LogP contribution in [0, 0.1) is 3.57 Å². The highest BCUT2D eigenvalue weighted by atomic mass is 127. The van der Waals surface area contributed by atoms with Crippen molar-refractivity contribution in [3.05, 3.63) is 46.0 Å². The van der Waals surface area contributed by atoms with Gasteiger partial charge in [0.05, 0.1) is 14.2 Å². The maximum atomic E-state index is 12.2. The lowest BCUT2D eigenvalue weighted by molar-refractivity contribution is -0.122. The first-order valence-electron chi connectivity index (χ1n) is 6.98. The minimum atomic E-state index is -0.624. The molecule has 2 rings (SSSR count). The number of nitrogens with one attached hydrogen (secondary N) is 1. The molecule has 0 radical (unpaired) electrons. The van der Waals surface area contributed by atoms with E-state index >= 15 is 0 Å². The van der Waals surface area contributed by atoms with Crippen LogP contribution < -0.4 is 19.5 Å². The molecule has 0 aliphatic rings. The third-order valence-corrected chi connectivity index (χ3v) is 3.80. The Balaban J connectivity index is 2.03. The van der Waals surface area contributed by atoms with E-state index in [0.29, 0.717) is 22.9 Å². The summed E-state index contributed by atoms with van der Waals surface area (Å²) in [5, 5.41) is 2.80. The SMILES string of the molecule is COc1ccc(NC(=O)C(C)Oc2cccc(I)c2)cc1OC. The highest BCUT2D eigenvalue weighted by Crippen LogP contribution is 2.29. The van der Waals surface area contributed by atoms with Crippen LogP contribution in [0.15, 0.2) is 42.5 Å². The molecule has 1 unspecified atom stereocenters. The highest BCUT2D eigenvalue weighted by molar-refractivity contribution is 14.1. The van der Waals surface area contributed by atoms with Crippen molar-refractivity contribution < 1.29 is 19.0 Å². The number of rotatable bonds is 6. The van der Waals surface area contributed by atoms with E-state index in [1.165, 1.54) is 0 Å². The van der Waals surface area contributed by atoms with Gasteiger partial charge in [0, 0.05) is 15.3 Å². The molecule has 5 nitrogen and oxygen atoms in total. The first-order chi connectivity index (χ1) is 11.0. The number of anilines is 1. The van der Waals surface area contributed by atoms with Crippen LogP contribution in [0.5, 0.6) is 17.2 Å². The van der Waals surface area contributed by atoms with Gasteiger partial charge in [0.25, 0.3) is 5.91 Å². The van der Waals surface area contributed by atoms with Crippen LogP contribution in [0.25, 0.3) is 0 Å². The van der Waals surface area contributed by atoms with Crippen molar-refractivity contribution in [3.63, 3.8) is 0 Å². The number of hydrogen-bond acceptors (Lipinski definition) is 4. The molecular formula is C17H18INO4. The van der Waals surface area contributed by atoms with Crippen LogP contribution in [-0.2, 0) is 4.79 Å². The molecule has 23 heavy (non-hydrogen) atoms. The quantitative estimate of drug-likeness (QED) is 0.715. The Labute approximate surface area is 149 Å². The predicted octanol–water partition coefficient (Wildman–Crippen LogP) is 3.71. The average molecular weight is 427 g/mol. The summed E-state index contributed by atoms with van der Waals surface area (Å²) < 4.78 is 17.1. The number of hydrogen-bond donors (Lipinski definition) is 1. The summed E-state index contributed by atoms with van der Waals surface area (Å²) in [5.41, 5.74) is 0.616. The number of carbonyl (C=O) groups is 1. The molecule has 0 fully saturated rings. The molecule has 0 saturated heterocycles. The summed E-state index contributed by atoms with van der Waals surface area (Å²) >= 11 is 2.20. The van der Waals surface area contributed by atoms with Gasteiger partial charge in [-0.15, -0.1) is 0 Å². The second kappa shape index (κ2) is 8.05. The molecular weight excluding hydrogens is 409 g/mol. The fourth-order valence-electron chi connectivity index (χ4n) is 1.96. The predicted molar refractivity (Wildman–Crippen MR) is 97.4 cm³/mol. The lowest BCUT2D eigenvalue weighted by Crippen LogP contribution is -2.30. The van der Waals surface area contributed by atoms with Gasteiger partial charge in [-0.05, 0) is 59.8 Å². The largest absolute Gasteiger partial charge is 0.493 e. The van der Waals surface area contributed by atoms with Crippen molar-refractivity contribution >= 4 is 34.2 Å². The maximum absolute atomic E-state index is 12.2. The van der Waals surface area contributed by atoms with Gasteiger partial charge in [0.15, 0.2) is 17.6 Å². The van der Waals surface area contributed by atoms with E-state index in [0.717, 1.165) is 3.57 Å². The van der Waals surface area contributed by atoms with E-state index < -0.39 is 6.10 Å². The van der Waals surface area contributed by atoms with E-state index in [2.05, 4.69) is 27.9 Å². The summed E-state index contributed by atoms with van der Waals surface area (Å²) in [5.74, 6) is 1.58. The molecule has 122 valence electrons. The van der Waals surface area contributed by atoms with Crippen LogP contribution in [0.1, 0.15) is 6.92 Å². The van der Waals surface area contributed by atoms with Crippen molar-refractivity contribution in [2.75, 3.05) is 19.5 Å². The topological polar surface area (TPSA) is 56.8 Å². The van der Waals surface area contributed by atoms with Crippen molar-refractivity contribution in [1.29, 1.82) is 0 Å². The van der Waals surface area contributed by atoms with Gasteiger partial charge < -0.3 is 19.5 Å². The van der Waals surface area contributed by atoms with Crippen LogP contribution in [0.4, 0.5) is 5.69 Å². The van der Waals surface area contributed by atoms with Crippen LogP contribution in [-0.4, -0.2) is 26.2 Å². The number of benzene rings is 2. The normalized spacial score (nSPS) is 11.5. The molecule has 0 aliphatic heterocycles. The van der Waals surface area contributed by atoms with Gasteiger partial charge in [-0.3, -0.25) is 4.79 Å². The molecule has 0 aromatic heterocycles. The fraction of sp³-hybridized carbons (Fsp3) is 0.235. The van der Waals surface area contributed by atoms with Crippen LogP contribution in [0.2, 0.25) is 0 Å². The van der Waals surface area contributed by atoms with Gasteiger partial charge in [-0.2, -0.15) is 0 Å². The van der Waals surface area contributed by atoms with Gasteiger partial charge in [0.2, 0.25) is 0 Å². The van der Waals surface area contributed by atoms with E-state index in [9.17, 15) is 4.79 Å². The van der Waals surface area contributed by atoms with E-state index in [1.54, 1.807) is 39.3 Å². The Bertz CT molecular complexity index is 690. The first kappa shape index (κ1) is 17.4. The summed E-state index contributed by atoms with van der Waals surface area (Å²) in [4.78, 5) is 12.2. The fourth-order valence-corrected chi connectivity index (χ4v) is 2.47. The molecule has 2 aromatic rings. The maximum Gasteiger partial charge on any atom is 0.265 e. The Morgan fingerprint density at radius 3 is 2.48 bits per heavy atom. The molecule has 1 amide bonds. The Hall–Kier alpha value is -1.96. The molecule has 0 aliphatic carbocycles. The van der Waals surface area contributed by atoms with Crippen LogP contribution in [0.3, 0.4) is 0 Å².